The topological polar surface area (TPSA) is 32.6 Å². The number of aliphatic imine (C=N–C) groups is 1. The van der Waals surface area contributed by atoms with E-state index in [9.17, 15) is 5.11 Å². The van der Waals surface area contributed by atoms with E-state index in [0.29, 0.717) is 11.7 Å². The van der Waals surface area contributed by atoms with Crippen molar-refractivity contribution in [2.75, 3.05) is 0 Å². The summed E-state index contributed by atoms with van der Waals surface area (Å²) in [5.74, 6) is 1.05. The molecule has 2 aromatic carbocycles. The van der Waals surface area contributed by atoms with Crippen LogP contribution in [0.4, 0.5) is 5.69 Å². The monoisotopic (exact) mass is 453 g/mol. The Bertz CT molecular complexity index is 731. The molecule has 3 rings (SSSR count). The van der Waals surface area contributed by atoms with Gasteiger partial charge in [-0.1, -0.05) is 56.9 Å². The van der Waals surface area contributed by atoms with Crippen LogP contribution in [0.15, 0.2) is 47.5 Å². The molecule has 0 unspecified atom stereocenters. The minimum absolute atomic E-state index is 0.410. The van der Waals surface area contributed by atoms with Crippen molar-refractivity contribution < 1.29 is 22.1 Å². The number of benzene rings is 2. The zero-order chi connectivity index (χ0) is 20.2. The molecule has 2 aromatic rings. The van der Waals surface area contributed by atoms with E-state index in [1.807, 2.05) is 36.5 Å². The first-order chi connectivity index (χ1) is 13.7. The molecule has 1 fully saturated rings. The van der Waals surface area contributed by atoms with Crippen LogP contribution in [0.5, 0.6) is 5.75 Å². The summed E-state index contributed by atoms with van der Waals surface area (Å²) in [4.78, 5) is 4.56. The van der Waals surface area contributed by atoms with Gasteiger partial charge in [-0.15, -0.1) is 0 Å². The van der Waals surface area contributed by atoms with E-state index in [-0.39, 0.29) is 0 Å². The number of aromatic hydroxyl groups is 1. The molecule has 0 saturated heterocycles. The fourth-order valence-corrected chi connectivity index (χ4v) is 3.73. The molecular formula is C23H29Cl2NOTi. The summed E-state index contributed by atoms with van der Waals surface area (Å²) < 4.78 is 0. The third-order valence-electron chi connectivity index (χ3n) is 5.23. The Balaban J connectivity index is 0.000000878. The molecule has 150 valence electrons. The first kappa shape index (κ1) is 23.5. The predicted molar refractivity (Wildman–Crippen MR) is 118 cm³/mol. The molecule has 0 bridgehead atoms. The number of hydrogen-bond acceptors (Lipinski definition) is 2. The molecule has 0 atom stereocenters. The second-order valence-corrected chi connectivity index (χ2v) is 9.80. The van der Waals surface area contributed by atoms with Crippen molar-refractivity contribution in [3.8, 4) is 5.75 Å². The van der Waals surface area contributed by atoms with Gasteiger partial charge in [-0.05, 0) is 60.9 Å². The summed E-state index contributed by atoms with van der Waals surface area (Å²) in [6, 6.07) is 14.3. The number of nitrogens with zero attached hydrogens (tertiary/aromatic N) is 1. The van der Waals surface area contributed by atoms with E-state index in [4.69, 9.17) is 18.6 Å². The van der Waals surface area contributed by atoms with Crippen molar-refractivity contribution in [1.29, 1.82) is 0 Å². The molecule has 0 spiro atoms. The van der Waals surface area contributed by atoms with E-state index in [1.54, 1.807) is 0 Å². The Labute approximate surface area is 186 Å². The summed E-state index contributed by atoms with van der Waals surface area (Å²) in [5.41, 5.74) is 4.25. The molecule has 5 heteroatoms. The van der Waals surface area contributed by atoms with Crippen LogP contribution in [-0.4, -0.2) is 11.3 Å². The summed E-state index contributed by atoms with van der Waals surface area (Å²) in [6.45, 7) is 2.19. The zero-order valence-corrected chi connectivity index (χ0v) is 19.6. The van der Waals surface area contributed by atoms with Gasteiger partial charge in [0.15, 0.2) is 0 Å². The standard InChI is InChI=1S/C23H29NO.2ClH.Ti/c1-2-3-10-19-15-20(18-11-6-4-7-12-18)16-21(23(19)25)17-24-22-13-8-5-9-14-22;;;/h5,8-9,13-18,25H,2-4,6-7,10-12H2,1H3;2*1H;/q;;;+2/p-2. The first-order valence-corrected chi connectivity index (χ1v) is 14.4. The molecule has 1 aliphatic carbocycles. The predicted octanol–water partition coefficient (Wildman–Crippen LogP) is 7.91. The van der Waals surface area contributed by atoms with Crippen LogP contribution in [0, 0.1) is 0 Å². The Morgan fingerprint density at radius 3 is 2.43 bits per heavy atom. The average molecular weight is 454 g/mol. The number of phenolic OH excluding ortho intramolecular Hbond substituents is 1. The van der Waals surface area contributed by atoms with Gasteiger partial charge in [0, 0.05) is 11.8 Å². The molecule has 2 nitrogen and oxygen atoms in total. The molecule has 0 aliphatic heterocycles. The van der Waals surface area contributed by atoms with Gasteiger partial charge < -0.3 is 5.11 Å². The van der Waals surface area contributed by atoms with Crippen molar-refractivity contribution in [2.45, 2.75) is 64.2 Å². The van der Waals surface area contributed by atoms with Gasteiger partial charge in [0.05, 0.1) is 5.69 Å². The Kier molecular flexibility index (Phi) is 11.3. The molecule has 0 heterocycles. The van der Waals surface area contributed by atoms with Crippen molar-refractivity contribution in [3.63, 3.8) is 0 Å². The molecule has 28 heavy (non-hydrogen) atoms. The quantitative estimate of drug-likeness (QED) is 0.349. The Morgan fingerprint density at radius 2 is 1.79 bits per heavy atom. The van der Waals surface area contributed by atoms with Gasteiger partial charge in [0.1, 0.15) is 5.75 Å². The number of aryl methyl sites for hydroxylation is 1. The van der Waals surface area contributed by atoms with E-state index in [2.05, 4.69) is 24.0 Å². The minimum atomic E-state index is -0.556. The molecule has 1 saturated carbocycles. The second-order valence-electron chi connectivity index (χ2n) is 7.22. The van der Waals surface area contributed by atoms with Crippen molar-refractivity contribution >= 4 is 30.5 Å². The number of unbranched alkanes of at least 4 members (excludes halogenated alkanes) is 1. The van der Waals surface area contributed by atoms with Gasteiger partial charge >= 0.3 is 35.6 Å². The van der Waals surface area contributed by atoms with Gasteiger partial charge in [0.2, 0.25) is 0 Å². The van der Waals surface area contributed by atoms with Crippen LogP contribution in [0.1, 0.15) is 74.5 Å². The van der Waals surface area contributed by atoms with E-state index < -0.39 is 17.0 Å². The molecule has 0 radical (unpaired) electrons. The molecule has 1 N–H and O–H groups in total. The number of para-hydroxylation sites is 1. The van der Waals surface area contributed by atoms with Gasteiger partial charge in [-0.25, -0.2) is 0 Å². The molecule has 0 aromatic heterocycles. The third-order valence-corrected chi connectivity index (χ3v) is 5.23. The van der Waals surface area contributed by atoms with E-state index >= 15 is 0 Å². The first-order valence-electron chi connectivity index (χ1n) is 10.1. The maximum absolute atomic E-state index is 10.7. The van der Waals surface area contributed by atoms with E-state index in [0.717, 1.165) is 36.1 Å². The normalized spacial score (nSPS) is 14.5. The van der Waals surface area contributed by atoms with Crippen LogP contribution in [0.25, 0.3) is 0 Å². The van der Waals surface area contributed by atoms with Crippen LogP contribution in [0.3, 0.4) is 0 Å². The number of phenols is 1. The van der Waals surface area contributed by atoms with Gasteiger partial charge in [-0.2, -0.15) is 0 Å². The molecular weight excluding hydrogens is 425 g/mol. The molecule has 1 aliphatic rings. The number of rotatable bonds is 6. The van der Waals surface area contributed by atoms with Crippen LogP contribution in [-0.2, 0) is 23.5 Å². The van der Waals surface area contributed by atoms with Crippen LogP contribution < -0.4 is 0 Å². The molecule has 0 amide bonds. The number of halogens is 2. The van der Waals surface area contributed by atoms with Crippen LogP contribution >= 0.6 is 18.6 Å². The SMILES string of the molecule is CCCCc1cc(C2CCCCC2)cc(C=Nc2ccccc2)c1O.[Cl][Ti][Cl]. The Morgan fingerprint density at radius 1 is 1.11 bits per heavy atom. The fourth-order valence-electron chi connectivity index (χ4n) is 3.73. The summed E-state index contributed by atoms with van der Waals surface area (Å²) in [7, 11) is 9.78. The zero-order valence-electron chi connectivity index (χ0n) is 16.5. The second kappa shape index (κ2) is 13.4. The maximum atomic E-state index is 10.7. The van der Waals surface area contributed by atoms with Crippen LogP contribution in [0.2, 0.25) is 0 Å². The Hall–Kier alpha value is -0.796. The summed E-state index contributed by atoms with van der Waals surface area (Å²) in [6.07, 6.45) is 11.6. The van der Waals surface area contributed by atoms with Crippen molar-refractivity contribution in [1.82, 2.24) is 0 Å². The third kappa shape index (κ3) is 7.56. The van der Waals surface area contributed by atoms with E-state index in [1.165, 1.54) is 37.7 Å². The van der Waals surface area contributed by atoms with Gasteiger partial charge in [-0.3, -0.25) is 4.99 Å². The van der Waals surface area contributed by atoms with Crippen molar-refractivity contribution in [3.05, 3.63) is 59.2 Å². The fraction of sp³-hybridized carbons (Fsp3) is 0.435. The average Bonchev–Trinajstić information content (AvgIpc) is 2.74. The summed E-state index contributed by atoms with van der Waals surface area (Å²) in [5, 5.41) is 10.7. The van der Waals surface area contributed by atoms with Gasteiger partial charge in [0.25, 0.3) is 0 Å². The summed E-state index contributed by atoms with van der Waals surface area (Å²) >= 11 is -0.556. The van der Waals surface area contributed by atoms with Crippen molar-refractivity contribution in [2.24, 2.45) is 4.99 Å². The number of hydrogen-bond donors (Lipinski definition) is 1.